The lowest BCUT2D eigenvalue weighted by Gasteiger charge is -2.16. The molecule has 0 aliphatic carbocycles. The molecular formula is C26H26N4OS. The number of amides is 1. The van der Waals surface area contributed by atoms with Gasteiger partial charge in [-0.25, -0.2) is 0 Å². The first kappa shape index (κ1) is 21.8. The Bertz CT molecular complexity index is 1160. The maximum Gasteiger partial charge on any atom is 0.224 e. The van der Waals surface area contributed by atoms with Crippen molar-refractivity contribution >= 4 is 17.7 Å². The number of nitrogens with zero attached hydrogens (tertiary/aromatic N) is 3. The van der Waals surface area contributed by atoms with E-state index in [1.807, 2.05) is 60.0 Å². The van der Waals surface area contributed by atoms with Crippen LogP contribution in [0.1, 0.15) is 35.5 Å². The summed E-state index contributed by atoms with van der Waals surface area (Å²) >= 11 is 1.64. The van der Waals surface area contributed by atoms with E-state index in [1.165, 1.54) is 11.1 Å². The fraction of sp³-hybridized carbons (Fsp3) is 0.192. The fourth-order valence-electron chi connectivity index (χ4n) is 3.45. The van der Waals surface area contributed by atoms with Crippen molar-refractivity contribution in [1.82, 2.24) is 20.1 Å². The van der Waals surface area contributed by atoms with Crippen molar-refractivity contribution in [2.75, 3.05) is 0 Å². The predicted octanol–water partition coefficient (Wildman–Crippen LogP) is 5.29. The van der Waals surface area contributed by atoms with E-state index >= 15 is 0 Å². The highest BCUT2D eigenvalue weighted by Crippen LogP contribution is 2.27. The number of thioether (sulfide) groups is 1. The first-order valence-electron chi connectivity index (χ1n) is 10.6. The number of carbonyl (C=O) groups excluding carboxylic acids is 1. The van der Waals surface area contributed by atoms with Crippen molar-refractivity contribution < 1.29 is 4.79 Å². The standard InChI is InChI=1S/C26H26N4OS/c1-19-13-15-23(16-14-19)30-25(20(2)27-24(31)17-21-9-5-3-6-10-21)28-29-26(30)32-18-22-11-7-4-8-12-22/h3-16,20H,17-18H2,1-2H3,(H,27,31). The maximum absolute atomic E-state index is 12.6. The molecule has 4 aromatic rings. The minimum atomic E-state index is -0.286. The van der Waals surface area contributed by atoms with Crippen molar-refractivity contribution in [3.05, 3.63) is 107 Å². The summed E-state index contributed by atoms with van der Waals surface area (Å²) in [5, 5.41) is 12.8. The summed E-state index contributed by atoms with van der Waals surface area (Å²) in [5.74, 6) is 1.46. The molecule has 0 aliphatic heterocycles. The Kier molecular flexibility index (Phi) is 7.02. The highest BCUT2D eigenvalue weighted by molar-refractivity contribution is 7.98. The van der Waals surface area contributed by atoms with Crippen LogP contribution in [0, 0.1) is 6.92 Å². The zero-order chi connectivity index (χ0) is 22.3. The molecule has 1 atom stereocenters. The summed E-state index contributed by atoms with van der Waals surface area (Å²) < 4.78 is 2.04. The van der Waals surface area contributed by atoms with Gasteiger partial charge < -0.3 is 5.32 Å². The number of hydrogen-bond acceptors (Lipinski definition) is 4. The third-order valence-electron chi connectivity index (χ3n) is 5.13. The number of rotatable bonds is 8. The first-order valence-corrected chi connectivity index (χ1v) is 11.6. The van der Waals surface area contributed by atoms with E-state index in [-0.39, 0.29) is 11.9 Å². The summed E-state index contributed by atoms with van der Waals surface area (Å²) in [4.78, 5) is 12.6. The highest BCUT2D eigenvalue weighted by Gasteiger charge is 2.21. The number of aryl methyl sites for hydroxylation is 1. The van der Waals surface area contributed by atoms with Crippen LogP contribution in [-0.2, 0) is 17.0 Å². The Labute approximate surface area is 192 Å². The van der Waals surface area contributed by atoms with E-state index < -0.39 is 0 Å². The van der Waals surface area contributed by atoms with Crippen molar-refractivity contribution in [2.45, 2.75) is 37.2 Å². The Morgan fingerprint density at radius 2 is 1.53 bits per heavy atom. The van der Waals surface area contributed by atoms with E-state index in [4.69, 9.17) is 0 Å². The van der Waals surface area contributed by atoms with Gasteiger partial charge in [0.15, 0.2) is 11.0 Å². The number of nitrogens with one attached hydrogen (secondary N) is 1. The van der Waals surface area contributed by atoms with Crippen molar-refractivity contribution in [3.8, 4) is 5.69 Å². The zero-order valence-corrected chi connectivity index (χ0v) is 19.0. The van der Waals surface area contributed by atoms with E-state index in [1.54, 1.807) is 11.8 Å². The average Bonchev–Trinajstić information content (AvgIpc) is 3.23. The zero-order valence-electron chi connectivity index (χ0n) is 18.2. The van der Waals surface area contributed by atoms with Gasteiger partial charge in [-0.1, -0.05) is 90.1 Å². The average molecular weight is 443 g/mol. The van der Waals surface area contributed by atoms with Gasteiger partial charge in [0.05, 0.1) is 12.5 Å². The van der Waals surface area contributed by atoms with Gasteiger partial charge in [-0.3, -0.25) is 9.36 Å². The minimum Gasteiger partial charge on any atom is -0.346 e. The van der Waals surface area contributed by atoms with Crippen LogP contribution in [0.15, 0.2) is 90.1 Å². The Hall–Kier alpha value is -3.38. The molecule has 5 nitrogen and oxygen atoms in total. The molecular weight excluding hydrogens is 416 g/mol. The highest BCUT2D eigenvalue weighted by atomic mass is 32.2. The summed E-state index contributed by atoms with van der Waals surface area (Å²) in [6.07, 6.45) is 0.333. The van der Waals surface area contributed by atoms with Gasteiger partial charge in [-0.15, -0.1) is 10.2 Å². The summed E-state index contributed by atoms with van der Waals surface area (Å²) in [6, 6.07) is 28.0. The van der Waals surface area contributed by atoms with Crippen LogP contribution in [0.5, 0.6) is 0 Å². The lowest BCUT2D eigenvalue weighted by Crippen LogP contribution is -2.29. The monoisotopic (exact) mass is 442 g/mol. The van der Waals surface area contributed by atoms with Crippen LogP contribution >= 0.6 is 11.8 Å². The summed E-state index contributed by atoms with van der Waals surface area (Å²) in [5.41, 5.74) is 4.37. The maximum atomic E-state index is 12.6. The Morgan fingerprint density at radius 3 is 2.19 bits per heavy atom. The van der Waals surface area contributed by atoms with Gasteiger partial charge in [-0.2, -0.15) is 0 Å². The van der Waals surface area contributed by atoms with Gasteiger partial charge in [-0.05, 0) is 37.1 Å². The molecule has 0 bridgehead atoms. The molecule has 0 aliphatic rings. The first-order chi connectivity index (χ1) is 15.6. The molecule has 1 unspecified atom stereocenters. The Balaban J connectivity index is 1.57. The van der Waals surface area contributed by atoms with Crippen molar-refractivity contribution in [3.63, 3.8) is 0 Å². The quantitative estimate of drug-likeness (QED) is 0.377. The van der Waals surface area contributed by atoms with Crippen molar-refractivity contribution in [1.29, 1.82) is 0 Å². The molecule has 1 aromatic heterocycles. The third kappa shape index (κ3) is 5.45. The van der Waals surface area contributed by atoms with Crippen molar-refractivity contribution in [2.24, 2.45) is 0 Å². The van der Waals surface area contributed by atoms with E-state index in [2.05, 4.69) is 58.8 Å². The van der Waals surface area contributed by atoms with Gasteiger partial charge in [0.2, 0.25) is 5.91 Å². The van der Waals surface area contributed by atoms with Crippen LogP contribution in [-0.4, -0.2) is 20.7 Å². The second kappa shape index (κ2) is 10.3. The topological polar surface area (TPSA) is 59.8 Å². The largest absolute Gasteiger partial charge is 0.346 e. The molecule has 0 fully saturated rings. The van der Waals surface area contributed by atoms with E-state index in [0.717, 1.165) is 22.2 Å². The molecule has 0 saturated carbocycles. The molecule has 32 heavy (non-hydrogen) atoms. The molecule has 0 radical (unpaired) electrons. The molecule has 162 valence electrons. The third-order valence-corrected chi connectivity index (χ3v) is 6.13. The second-order valence-electron chi connectivity index (χ2n) is 7.74. The SMILES string of the molecule is Cc1ccc(-n2c(SCc3ccccc3)nnc2C(C)NC(=O)Cc2ccccc2)cc1. The number of carbonyl (C=O) groups is 1. The van der Waals surface area contributed by atoms with Gasteiger partial charge >= 0.3 is 0 Å². The second-order valence-corrected chi connectivity index (χ2v) is 8.68. The van der Waals surface area contributed by atoms with Crippen LogP contribution in [0.25, 0.3) is 5.69 Å². The molecule has 1 amide bonds. The molecule has 3 aromatic carbocycles. The van der Waals surface area contributed by atoms with Crippen LogP contribution in [0.3, 0.4) is 0 Å². The smallest absolute Gasteiger partial charge is 0.224 e. The molecule has 0 spiro atoms. The van der Waals surface area contributed by atoms with Gasteiger partial charge in [0.1, 0.15) is 0 Å². The Morgan fingerprint density at radius 1 is 0.906 bits per heavy atom. The van der Waals surface area contributed by atoms with Crippen LogP contribution < -0.4 is 5.32 Å². The minimum absolute atomic E-state index is 0.0411. The molecule has 6 heteroatoms. The fourth-order valence-corrected chi connectivity index (χ4v) is 4.37. The summed E-state index contributed by atoms with van der Waals surface area (Å²) in [7, 11) is 0. The van der Waals surface area contributed by atoms with Gasteiger partial charge in [0.25, 0.3) is 0 Å². The van der Waals surface area contributed by atoms with Crippen LogP contribution in [0.4, 0.5) is 0 Å². The number of hydrogen-bond donors (Lipinski definition) is 1. The van der Waals surface area contributed by atoms with Gasteiger partial charge in [0, 0.05) is 11.4 Å². The molecule has 1 N–H and O–H groups in total. The lowest BCUT2D eigenvalue weighted by atomic mass is 10.1. The normalized spacial score (nSPS) is 11.8. The van der Waals surface area contributed by atoms with E-state index in [9.17, 15) is 4.79 Å². The van der Waals surface area contributed by atoms with Crippen LogP contribution in [0.2, 0.25) is 0 Å². The number of benzene rings is 3. The number of aromatic nitrogens is 3. The lowest BCUT2D eigenvalue weighted by molar-refractivity contribution is -0.121. The van der Waals surface area contributed by atoms with E-state index in [0.29, 0.717) is 12.2 Å². The predicted molar refractivity (Wildman–Crippen MR) is 129 cm³/mol. The molecule has 4 rings (SSSR count). The summed E-state index contributed by atoms with van der Waals surface area (Å²) in [6.45, 7) is 4.01. The molecule has 0 saturated heterocycles. The molecule has 1 heterocycles.